The van der Waals surface area contributed by atoms with Crippen LogP contribution in [0, 0.1) is 0 Å². The number of fused-ring (bicyclic) bond motifs is 7. The van der Waals surface area contributed by atoms with Gasteiger partial charge in [-0.25, -0.2) is 19.9 Å². The molecule has 0 aliphatic carbocycles. The maximum atomic E-state index is 12.1. The summed E-state index contributed by atoms with van der Waals surface area (Å²) in [6, 6.07) is 39.4. The average Bonchev–Trinajstić information content (AvgIpc) is 1.60. The molecule has 7 fully saturated rings. The number of nitrogens with zero attached hydrogens (tertiary/aromatic N) is 16. The van der Waals surface area contributed by atoms with Gasteiger partial charge in [0.2, 0.25) is 21.1 Å². The standard InChI is InChI=1S/C21H24ClN5O4.C20H22ClN5O4.C20H20ClN5O4.C19H24ClN5O9P2.CH2Cl4O2P2.2CH4/c1-11(28)14-15-16(31-21(2,3)30-15)19(29-14)27-10-24-13-17(25-20(22)26-18(13)27)23-9-12-7-5-4-6-8-12;2*1-20(2)29-14-12(9-27)28-18(15(14)30-20)26-10-23-13-16(24-19(21)25-17(13)26)22-8-11-6-4-3-5-7-11;1-10(34-36(31,32)9-35(28,29)30)15-13(26)14(27)18(33-15)25-8-22-12-16(23-19(20)24-17(12)25)21-7-11-5-3-2-4-6-11;2-8(3,6)1-9(4,5)7;;/h4-8,10-11,14-16,19,28H,9H2,1-3H3,(H,23,25,26);3-7,10,12,14-15,18,27H,8-9H2,1-2H3,(H,22,24,25);3-7,9-10,12,14-15,18H,8H2,1-2H3,(H,22,24,25);2-6,8,10,13-15,18,26-27H,7,9H2,1H3,(H,31,32)(H,21,23,24)(H2,28,29,30);1H2;2*1H4/t11?,14-,15-,16?,19-;2*12-,14-,15-,18-;10?,13-,14+,15+,18+;;;/m1110.../s1. The lowest BCUT2D eigenvalue weighted by Crippen LogP contribution is -2.38. The van der Waals surface area contributed by atoms with Crippen LogP contribution in [0.15, 0.2) is 147 Å². The summed E-state index contributed by atoms with van der Waals surface area (Å²) in [5.74, 6) is -9.14. The molecule has 19 rings (SSSR count). The highest BCUT2D eigenvalue weighted by Gasteiger charge is 2.60. The molecule has 0 spiro atoms. The van der Waals surface area contributed by atoms with Gasteiger partial charge >= 0.3 is 15.2 Å². The third kappa shape index (κ3) is 26.0. The van der Waals surface area contributed by atoms with Crippen LogP contribution in [0.4, 0.5) is 23.3 Å². The van der Waals surface area contributed by atoms with Crippen LogP contribution in [0.25, 0.3) is 44.7 Å². The zero-order chi connectivity index (χ0) is 97.5. The van der Waals surface area contributed by atoms with Gasteiger partial charge in [-0.15, -0.1) is 0 Å². The Kier molecular flexibility index (Phi) is 34.6. The van der Waals surface area contributed by atoms with Crippen LogP contribution in [0.3, 0.4) is 0 Å². The van der Waals surface area contributed by atoms with E-state index in [9.17, 15) is 48.4 Å². The zero-order valence-electron chi connectivity index (χ0n) is 72.9. The number of ether oxygens (including phenoxy) is 10. The maximum Gasteiger partial charge on any atom is 0.340 e. The minimum absolute atomic E-state index is 0. The fraction of sp³-hybridized carbons (Fsp3) is 0.458. The van der Waals surface area contributed by atoms with Crippen molar-refractivity contribution in [2.24, 2.45) is 0 Å². The number of carbonyl (C=O) groups is 1. The summed E-state index contributed by atoms with van der Waals surface area (Å²) in [4.78, 5) is 91.4. The molecule has 0 bridgehead atoms. The number of imidazole rings is 4. The van der Waals surface area contributed by atoms with E-state index in [4.69, 9.17) is 153 Å². The number of benzene rings is 4. The van der Waals surface area contributed by atoms with E-state index in [1.807, 2.05) is 149 Å². The maximum absolute atomic E-state index is 12.1. The first-order chi connectivity index (χ1) is 64.3. The molecule has 8 aromatic heterocycles. The average molecular weight is 2150 g/mol. The molecule has 0 saturated carbocycles. The molecule has 12 aromatic rings. The molecule has 0 amide bonds. The molecule has 0 radical (unpaired) electrons. The van der Waals surface area contributed by atoms with Crippen molar-refractivity contribution < 1.29 is 110 Å². The number of hydrogen-bond acceptors (Lipinski definition) is 36. The number of aliphatic hydroxyl groups excluding tert-OH is 4. The van der Waals surface area contributed by atoms with Gasteiger partial charge in [-0.3, -0.25) is 36.5 Å². The molecule has 15 heterocycles. The Balaban J connectivity index is 0.000000150. The largest absolute Gasteiger partial charge is 0.394 e. The normalized spacial score (nSPS) is 25.6. The molecule has 19 atom stereocenters. The van der Waals surface area contributed by atoms with E-state index in [0.717, 1.165) is 28.5 Å². The summed E-state index contributed by atoms with van der Waals surface area (Å²) < 4.78 is 115. The summed E-state index contributed by atoms with van der Waals surface area (Å²) in [5, 5.41) is 54.3. The van der Waals surface area contributed by atoms with Gasteiger partial charge in [0.05, 0.1) is 44.1 Å². The molecule has 4 unspecified atom stereocenters. The lowest BCUT2D eigenvalue weighted by atomic mass is 10.1. The van der Waals surface area contributed by atoms with Gasteiger partial charge in [-0.05, 0) is 169 Å². The monoisotopic (exact) mass is 2150 g/mol. The van der Waals surface area contributed by atoms with Gasteiger partial charge in [0, 0.05) is 26.2 Å². The number of aliphatic hydroxyl groups is 4. The summed E-state index contributed by atoms with van der Waals surface area (Å²) in [7, 11) is -9.59. The summed E-state index contributed by atoms with van der Waals surface area (Å²) in [6.07, 6.45) is -7.05. The topological polar surface area (TPSA) is 551 Å². The number of carbonyl (C=O) groups excluding carboxylic acids is 1. The zero-order valence-corrected chi connectivity index (χ0v) is 82.5. The third-order valence-corrected chi connectivity index (χ3v) is 32.4. The Morgan fingerprint density at radius 2 is 0.732 bits per heavy atom. The predicted molar refractivity (Wildman–Crippen MR) is 515 cm³/mol. The second-order valence-electron chi connectivity index (χ2n) is 33.3. The SMILES string of the molecule is C.C.CC(O)[C@H]1O[C@@H](n2cnc3c(NCc4ccccc4)nc(Cl)nc32)C2OC(C)(C)O[C@@H]21.CC(OP(=O)(O)CP(=O)(O)O)[C@H]1O[C@@H](n2cnc3c(NCc4ccccc4)nc(Cl)nc32)[C@H](O)[C@@H]1O.CC1(C)O[C@@H]2[C@H](O1)[C@@H](C=O)O[C@H]2n1cnc2c(NCc3ccccc3)nc(Cl)nc21.CC1(C)O[C@@H]2[C@H](O1)[C@@H](CO)O[C@H]2n1cnc2c(NCc3ccccc3)nc(Cl)nc21.O=P(Cl)(Cl)CP(=O)(Cl)Cl. The van der Waals surface area contributed by atoms with Crippen molar-refractivity contribution in [1.29, 1.82) is 0 Å². The number of aldehydes is 1. The number of aromatic nitrogens is 16. The summed E-state index contributed by atoms with van der Waals surface area (Å²) in [6.45, 7) is 15.9. The molecule has 138 heavy (non-hydrogen) atoms. The van der Waals surface area contributed by atoms with Gasteiger partial charge in [0.1, 0.15) is 79.2 Å². The first-order valence-corrected chi connectivity index (χ1v) is 54.3. The van der Waals surface area contributed by atoms with E-state index in [1.54, 1.807) is 53.5 Å². The van der Waals surface area contributed by atoms with Crippen molar-refractivity contribution in [3.05, 3.63) is 190 Å². The molecule has 4 aromatic carbocycles. The molecule has 7 aliphatic heterocycles. The molecule has 43 nitrogen and oxygen atoms in total. The predicted octanol–water partition coefficient (Wildman–Crippen LogP) is 15.1. The van der Waals surface area contributed by atoms with E-state index in [1.165, 1.54) is 17.8 Å². The van der Waals surface area contributed by atoms with E-state index < -0.39 is 160 Å². The number of hydrogen-bond donors (Lipinski definition) is 11. The minimum atomic E-state index is -4.85. The Labute approximate surface area is 828 Å². The van der Waals surface area contributed by atoms with Crippen molar-refractivity contribution in [2.45, 2.75) is 224 Å². The van der Waals surface area contributed by atoms with Gasteiger partial charge in [0.15, 0.2) is 122 Å². The first kappa shape index (κ1) is 108. The van der Waals surface area contributed by atoms with Gasteiger partial charge in [0.25, 0.3) is 11.7 Å². The number of rotatable bonds is 26. The van der Waals surface area contributed by atoms with Crippen molar-refractivity contribution in [1.82, 2.24) is 78.1 Å². The molecule has 746 valence electrons. The Hall–Kier alpha value is -7.53. The Morgan fingerprint density at radius 1 is 0.428 bits per heavy atom. The summed E-state index contributed by atoms with van der Waals surface area (Å²) >= 11 is 44.8. The lowest BCUT2D eigenvalue weighted by Gasteiger charge is -2.25. The fourth-order valence-corrected chi connectivity index (χ4v) is 28.5. The van der Waals surface area contributed by atoms with Crippen molar-refractivity contribution >= 4 is 192 Å². The van der Waals surface area contributed by atoms with Crippen molar-refractivity contribution in [2.75, 3.05) is 39.7 Å². The molecule has 7 aliphatic rings. The van der Waals surface area contributed by atoms with Crippen LogP contribution in [-0.4, -0.2) is 241 Å². The summed E-state index contributed by atoms with van der Waals surface area (Å²) in [5.41, 5.74) is 7.97. The van der Waals surface area contributed by atoms with Crippen LogP contribution >= 0.6 is 118 Å². The quantitative estimate of drug-likeness (QED) is 0.0136. The highest BCUT2D eigenvalue weighted by Crippen LogP contribution is 2.72. The van der Waals surface area contributed by atoms with Crippen LogP contribution in [-0.2, 0) is 101 Å². The van der Waals surface area contributed by atoms with Gasteiger partial charge in [-0.1, -0.05) is 136 Å². The molecular weight excluding hydrogens is 2050 g/mol. The minimum Gasteiger partial charge on any atom is -0.394 e. The second kappa shape index (κ2) is 44.4. The third-order valence-electron chi connectivity index (χ3n) is 21.7. The van der Waals surface area contributed by atoms with E-state index in [0.29, 0.717) is 88.5 Å². The van der Waals surface area contributed by atoms with E-state index in [2.05, 4.69) is 81.1 Å². The van der Waals surface area contributed by atoms with Crippen LogP contribution in [0.5, 0.6) is 0 Å². The van der Waals surface area contributed by atoms with E-state index >= 15 is 0 Å². The van der Waals surface area contributed by atoms with Crippen LogP contribution in [0.2, 0.25) is 21.1 Å². The van der Waals surface area contributed by atoms with Crippen LogP contribution < -0.4 is 21.3 Å². The van der Waals surface area contributed by atoms with E-state index in [-0.39, 0.29) is 54.3 Å². The number of nitrogens with one attached hydrogen (secondary N) is 4. The molecular formula is C83H100Cl8N20O23P4. The first-order valence-electron chi connectivity index (χ1n) is 41.8. The van der Waals surface area contributed by atoms with Gasteiger partial charge in [-0.2, -0.15) is 39.9 Å². The molecule has 55 heteroatoms. The van der Waals surface area contributed by atoms with Crippen molar-refractivity contribution in [3.63, 3.8) is 0 Å². The number of anilines is 4. The lowest BCUT2D eigenvalue weighted by molar-refractivity contribution is -0.205. The smallest absolute Gasteiger partial charge is 0.340 e. The van der Waals surface area contributed by atoms with Crippen molar-refractivity contribution in [3.8, 4) is 0 Å². The Morgan fingerprint density at radius 3 is 1.06 bits per heavy atom. The fourth-order valence-electron chi connectivity index (χ4n) is 16.2. The number of halogens is 8. The molecule has 7 saturated heterocycles. The highest BCUT2D eigenvalue weighted by molar-refractivity contribution is 8.21. The molecule has 11 N–H and O–H groups in total. The van der Waals surface area contributed by atoms with Crippen LogP contribution in [0.1, 0.15) is 117 Å². The van der Waals surface area contributed by atoms with Gasteiger partial charge < -0.3 is 113 Å². The highest BCUT2D eigenvalue weighted by atomic mass is 35.9. The Bertz CT molecular complexity index is 6410. The second-order valence-corrected chi connectivity index (χ2v) is 49.6.